The van der Waals surface area contributed by atoms with E-state index in [0.717, 1.165) is 40.8 Å². The number of carbonyl (C=O) groups is 4. The molecule has 2 aliphatic rings. The van der Waals surface area contributed by atoms with Crippen LogP contribution in [0.2, 0.25) is 10.0 Å². The number of amides is 3. The first-order chi connectivity index (χ1) is 32.2. The van der Waals surface area contributed by atoms with Gasteiger partial charge >= 0.3 is 0 Å². The Labute approximate surface area is 407 Å². The molecule has 6 aromatic rings. The van der Waals surface area contributed by atoms with Gasteiger partial charge in [-0.15, -0.1) is 0 Å². The minimum atomic E-state index is -0.638. The Morgan fingerprint density at radius 3 is 1.54 bits per heavy atom. The number of benzene rings is 4. The summed E-state index contributed by atoms with van der Waals surface area (Å²) in [4.78, 5) is 68.1. The number of nitrogens with zero attached hydrogens (tertiary/aromatic N) is 5. The first-order valence-corrected chi connectivity index (χ1v) is 23.5. The van der Waals surface area contributed by atoms with E-state index in [-0.39, 0.29) is 58.2 Å². The fraction of sp³-hybridized carbons (Fsp3) is 0.385. The maximum absolute atomic E-state index is 13.7. The Kier molecular flexibility index (Phi) is 16.9. The van der Waals surface area contributed by atoms with Crippen LogP contribution in [0.25, 0.3) is 21.8 Å². The molecule has 362 valence electrons. The molecule has 0 saturated carbocycles. The van der Waals surface area contributed by atoms with Crippen LogP contribution in [0.3, 0.4) is 0 Å². The van der Waals surface area contributed by atoms with Crippen LogP contribution < -0.4 is 5.32 Å². The molecule has 4 atom stereocenters. The van der Waals surface area contributed by atoms with Gasteiger partial charge in [0.2, 0.25) is 0 Å². The van der Waals surface area contributed by atoms with E-state index >= 15 is 0 Å². The number of aromatic amines is 2. The molecule has 0 spiro atoms. The third-order valence-electron chi connectivity index (χ3n) is 12.6. The molecule has 0 radical (unpaired) electrons. The molecule has 2 aromatic heterocycles. The van der Waals surface area contributed by atoms with E-state index < -0.39 is 11.7 Å². The van der Waals surface area contributed by atoms with Crippen LogP contribution in [0.15, 0.2) is 78.9 Å². The number of nitrogens with one attached hydrogen (secondary N) is 3. The number of H-pyrrole nitrogens is 2. The zero-order chi connectivity index (χ0) is 49.7. The number of piperazine rings is 2. The van der Waals surface area contributed by atoms with Gasteiger partial charge in [-0.05, 0) is 121 Å². The Morgan fingerprint density at radius 2 is 1.09 bits per heavy atom. The maximum atomic E-state index is 13.7. The van der Waals surface area contributed by atoms with Gasteiger partial charge in [0.25, 0.3) is 23.5 Å². The molecule has 0 aliphatic carbocycles. The van der Waals surface area contributed by atoms with Crippen molar-refractivity contribution >= 4 is 68.5 Å². The van der Waals surface area contributed by atoms with Gasteiger partial charge in [0.05, 0.1) is 26.7 Å². The van der Waals surface area contributed by atoms with E-state index in [1.54, 1.807) is 36.1 Å². The van der Waals surface area contributed by atoms with Crippen LogP contribution in [0.1, 0.15) is 81.3 Å². The SMILES string of the molecule is CNC.Cc1[nH]c2cc(Cl)c(C(=O)N3C[C@H](C)N(Cc4ccc(F)cc4)C[C@H]3C)cc2c1C(=O)C(=O)N(C)C.Cc1cc2cc(C(=O)N3C[C@H](C)N(Cc4ccc(F)cc4)C[C@H]3C)c(Cl)cc2[nH]1. The minimum Gasteiger partial charge on any atom is -0.359 e. The molecule has 0 bridgehead atoms. The second kappa shape index (κ2) is 22.2. The highest BCUT2D eigenvalue weighted by Gasteiger charge is 2.35. The van der Waals surface area contributed by atoms with Gasteiger partial charge in [-0.3, -0.25) is 29.0 Å². The van der Waals surface area contributed by atoms with Gasteiger partial charge in [0.1, 0.15) is 11.6 Å². The number of rotatable bonds is 8. The largest absolute Gasteiger partial charge is 0.359 e. The fourth-order valence-corrected chi connectivity index (χ4v) is 9.43. The van der Waals surface area contributed by atoms with Crippen molar-refractivity contribution in [3.8, 4) is 0 Å². The predicted octanol–water partition coefficient (Wildman–Crippen LogP) is 9.11. The summed E-state index contributed by atoms with van der Waals surface area (Å²) in [5.74, 6) is -2.02. The van der Waals surface area contributed by atoms with Crippen molar-refractivity contribution in [2.75, 3.05) is 54.4 Å². The predicted molar refractivity (Wildman–Crippen MR) is 268 cm³/mol. The number of aromatic nitrogens is 2. The Hall–Kier alpha value is -5.64. The van der Waals surface area contributed by atoms with Crippen molar-refractivity contribution in [2.24, 2.45) is 0 Å². The Morgan fingerprint density at radius 1 is 0.647 bits per heavy atom. The van der Waals surface area contributed by atoms with Crippen LogP contribution in [0.5, 0.6) is 0 Å². The van der Waals surface area contributed by atoms with E-state index in [0.29, 0.717) is 58.9 Å². The lowest BCUT2D eigenvalue weighted by atomic mass is 10.0. The van der Waals surface area contributed by atoms with Crippen molar-refractivity contribution < 1.29 is 28.0 Å². The van der Waals surface area contributed by atoms with Crippen molar-refractivity contribution in [3.05, 3.63) is 140 Å². The highest BCUT2D eigenvalue weighted by Crippen LogP contribution is 2.32. The summed E-state index contributed by atoms with van der Waals surface area (Å²) in [6.07, 6.45) is 0. The fourth-order valence-electron chi connectivity index (χ4n) is 8.94. The molecule has 8 rings (SSSR count). The monoisotopic (exact) mass is 970 g/mol. The highest BCUT2D eigenvalue weighted by molar-refractivity contribution is 6.45. The molecule has 2 aliphatic heterocycles. The highest BCUT2D eigenvalue weighted by atomic mass is 35.5. The number of ketones is 1. The summed E-state index contributed by atoms with van der Waals surface area (Å²) >= 11 is 13.0. The summed E-state index contributed by atoms with van der Waals surface area (Å²) in [6, 6.07) is 22.3. The normalized spacial score (nSPS) is 18.7. The van der Waals surface area contributed by atoms with E-state index in [9.17, 15) is 28.0 Å². The number of fused-ring (bicyclic) bond motifs is 2. The van der Waals surface area contributed by atoms with Crippen molar-refractivity contribution in [2.45, 2.75) is 78.8 Å². The lowest BCUT2D eigenvalue weighted by Gasteiger charge is -2.44. The lowest BCUT2D eigenvalue weighted by Crippen LogP contribution is -2.57. The van der Waals surface area contributed by atoms with Gasteiger partial charge in [-0.1, -0.05) is 47.5 Å². The minimum absolute atomic E-state index is 0.0310. The van der Waals surface area contributed by atoms with E-state index in [1.165, 1.54) is 43.3 Å². The molecule has 12 nitrogen and oxygen atoms in total. The third-order valence-corrected chi connectivity index (χ3v) is 13.2. The molecule has 3 amide bonds. The smallest absolute Gasteiger partial charge is 0.294 e. The quantitative estimate of drug-likeness (QED) is 0.103. The summed E-state index contributed by atoms with van der Waals surface area (Å²) in [7, 11) is 6.79. The number of aryl methyl sites for hydroxylation is 2. The van der Waals surface area contributed by atoms with Gasteiger partial charge in [-0.2, -0.15) is 0 Å². The molecule has 0 unspecified atom stereocenters. The zero-order valence-corrected chi connectivity index (χ0v) is 42.0. The number of likely N-dealkylation sites (N-methyl/N-ethyl adjacent to an activating group) is 1. The van der Waals surface area contributed by atoms with E-state index in [2.05, 4.69) is 45.9 Å². The van der Waals surface area contributed by atoms with Crippen LogP contribution >= 0.6 is 23.2 Å². The molecule has 68 heavy (non-hydrogen) atoms. The number of hydrogen-bond donors (Lipinski definition) is 3. The van der Waals surface area contributed by atoms with Crippen LogP contribution in [-0.2, 0) is 17.9 Å². The molecule has 2 saturated heterocycles. The average molecular weight is 972 g/mol. The summed E-state index contributed by atoms with van der Waals surface area (Å²) in [6.45, 7) is 15.9. The van der Waals surface area contributed by atoms with Gasteiger partial charge in [-0.25, -0.2) is 8.78 Å². The second-order valence-corrected chi connectivity index (χ2v) is 19.1. The molecule has 3 N–H and O–H groups in total. The molecule has 16 heteroatoms. The number of carbonyl (C=O) groups excluding carboxylic acids is 4. The summed E-state index contributed by atoms with van der Waals surface area (Å²) < 4.78 is 26.4. The van der Waals surface area contributed by atoms with Crippen molar-refractivity contribution in [1.29, 1.82) is 0 Å². The van der Waals surface area contributed by atoms with Crippen molar-refractivity contribution in [1.82, 2.24) is 39.8 Å². The molecular formula is C52H62Cl2F2N8O4. The van der Waals surface area contributed by atoms with E-state index in [1.807, 2.05) is 63.2 Å². The molecule has 4 aromatic carbocycles. The maximum Gasteiger partial charge on any atom is 0.294 e. The van der Waals surface area contributed by atoms with Crippen LogP contribution in [-0.4, -0.2) is 137 Å². The van der Waals surface area contributed by atoms with Gasteiger partial charge in [0.15, 0.2) is 0 Å². The molecule has 2 fully saturated rings. The van der Waals surface area contributed by atoms with Crippen molar-refractivity contribution in [3.63, 3.8) is 0 Å². The van der Waals surface area contributed by atoms with Crippen LogP contribution in [0, 0.1) is 25.5 Å². The number of Topliss-reactive ketones (excluding diaryl/α,β-unsaturated/α-hetero) is 1. The first kappa shape index (κ1) is 51.7. The van der Waals surface area contributed by atoms with E-state index in [4.69, 9.17) is 23.2 Å². The van der Waals surface area contributed by atoms with Crippen LogP contribution in [0.4, 0.5) is 8.78 Å². The van der Waals surface area contributed by atoms with Gasteiger partial charge in [0, 0.05) is 111 Å². The summed E-state index contributed by atoms with van der Waals surface area (Å²) in [5, 5.41) is 4.99. The lowest BCUT2D eigenvalue weighted by molar-refractivity contribution is -0.124. The zero-order valence-electron chi connectivity index (χ0n) is 40.4. The molecular weight excluding hydrogens is 910 g/mol. The van der Waals surface area contributed by atoms with Gasteiger partial charge < -0.3 is 30.0 Å². The first-order valence-electron chi connectivity index (χ1n) is 22.7. The Bertz CT molecular complexity index is 2780. The Balaban J connectivity index is 0.000000216. The average Bonchev–Trinajstić information content (AvgIpc) is 3.82. The topological polar surface area (TPSA) is 128 Å². The number of hydrogen-bond acceptors (Lipinski definition) is 7. The standard InChI is InChI=1S/C27H30ClFN4O3.C23H25ClFN3O.C2H7N/c1-15-13-33(16(2)12-32(15)14-18-6-8-19(29)9-7-18)26(35)20-10-21-23(11-22(20)28)30-17(3)24(21)25(34)27(36)31(4)5;1-14-8-18-9-20(21(24)10-22(18)26-14)23(29)28-12-15(2)27(11-16(28)3)13-17-4-6-19(25)7-5-17;1-3-2/h6-11,15-16,30H,12-14H2,1-5H3;4-10,15-16,26H,11-13H2,1-3H3;3H,1-2H3/t2*15-,16+;/m00./s1. The number of halogens is 4. The third kappa shape index (κ3) is 11.8. The molecule has 4 heterocycles. The second-order valence-electron chi connectivity index (χ2n) is 18.3. The summed E-state index contributed by atoms with van der Waals surface area (Å²) in [5.41, 5.74) is 6.28.